The van der Waals surface area contributed by atoms with Gasteiger partial charge in [-0.15, -0.1) is 0 Å². The third-order valence-electron chi connectivity index (χ3n) is 3.51. The van der Waals surface area contributed by atoms with Crippen LogP contribution in [0.25, 0.3) is 0 Å². The van der Waals surface area contributed by atoms with E-state index in [2.05, 4.69) is 0 Å². The SMILES string of the molecule is COc1cccc(CN(C)C(=O)C2(CO)CC2)c1. The summed E-state index contributed by atoms with van der Waals surface area (Å²) in [6.07, 6.45) is 1.59. The molecular formula is C14H19NO3. The van der Waals surface area contributed by atoms with E-state index in [0.29, 0.717) is 6.54 Å². The molecule has 1 N–H and O–H groups in total. The van der Waals surface area contributed by atoms with Crippen molar-refractivity contribution in [2.75, 3.05) is 20.8 Å². The number of hydrogen-bond donors (Lipinski definition) is 1. The second kappa shape index (κ2) is 4.98. The van der Waals surface area contributed by atoms with E-state index in [0.717, 1.165) is 24.2 Å². The van der Waals surface area contributed by atoms with Gasteiger partial charge in [0, 0.05) is 13.6 Å². The van der Waals surface area contributed by atoms with Gasteiger partial charge in [0.25, 0.3) is 0 Å². The Hall–Kier alpha value is -1.55. The highest BCUT2D eigenvalue weighted by Gasteiger charge is 2.50. The van der Waals surface area contributed by atoms with Crippen LogP contribution in [0.2, 0.25) is 0 Å². The Balaban J connectivity index is 2.02. The Kier molecular flexibility index (Phi) is 3.57. The van der Waals surface area contributed by atoms with Crippen LogP contribution in [0.4, 0.5) is 0 Å². The third kappa shape index (κ3) is 2.48. The maximum Gasteiger partial charge on any atom is 0.231 e. The molecule has 1 aromatic carbocycles. The number of methoxy groups -OCH3 is 1. The monoisotopic (exact) mass is 249 g/mol. The van der Waals surface area contributed by atoms with Gasteiger partial charge in [-0.25, -0.2) is 0 Å². The fraction of sp³-hybridized carbons (Fsp3) is 0.500. The van der Waals surface area contributed by atoms with Crippen molar-refractivity contribution < 1.29 is 14.6 Å². The van der Waals surface area contributed by atoms with Gasteiger partial charge in [0.05, 0.1) is 19.1 Å². The van der Waals surface area contributed by atoms with Crippen LogP contribution in [-0.2, 0) is 11.3 Å². The highest BCUT2D eigenvalue weighted by molar-refractivity contribution is 5.85. The van der Waals surface area contributed by atoms with E-state index in [1.165, 1.54) is 0 Å². The number of carbonyl (C=O) groups is 1. The molecule has 1 aromatic rings. The minimum atomic E-state index is -0.492. The Labute approximate surface area is 107 Å². The number of hydrogen-bond acceptors (Lipinski definition) is 3. The summed E-state index contributed by atoms with van der Waals surface area (Å²) in [5.41, 5.74) is 0.534. The minimum absolute atomic E-state index is 0.0350. The van der Waals surface area contributed by atoms with E-state index in [4.69, 9.17) is 4.74 Å². The molecule has 98 valence electrons. The number of aliphatic hydroxyl groups excluding tert-OH is 1. The number of rotatable bonds is 5. The van der Waals surface area contributed by atoms with Crippen LogP contribution >= 0.6 is 0 Å². The van der Waals surface area contributed by atoms with Crippen LogP contribution in [0.1, 0.15) is 18.4 Å². The normalized spacial score (nSPS) is 16.2. The Morgan fingerprint density at radius 2 is 2.22 bits per heavy atom. The second-order valence-electron chi connectivity index (χ2n) is 4.95. The lowest BCUT2D eigenvalue weighted by Crippen LogP contribution is -2.35. The lowest BCUT2D eigenvalue weighted by Gasteiger charge is -2.22. The number of aliphatic hydroxyl groups is 1. The predicted molar refractivity (Wildman–Crippen MR) is 68.2 cm³/mol. The Morgan fingerprint density at radius 3 is 2.78 bits per heavy atom. The number of amides is 1. The summed E-state index contributed by atoms with van der Waals surface area (Å²) in [7, 11) is 3.40. The summed E-state index contributed by atoms with van der Waals surface area (Å²) in [4.78, 5) is 13.8. The molecule has 0 atom stereocenters. The van der Waals surface area contributed by atoms with Crippen molar-refractivity contribution in [2.24, 2.45) is 5.41 Å². The summed E-state index contributed by atoms with van der Waals surface area (Å²) >= 11 is 0. The van der Waals surface area contributed by atoms with Gasteiger partial charge in [-0.05, 0) is 30.5 Å². The second-order valence-corrected chi connectivity index (χ2v) is 4.95. The highest BCUT2D eigenvalue weighted by atomic mass is 16.5. The first-order valence-corrected chi connectivity index (χ1v) is 6.11. The molecule has 4 nitrogen and oxygen atoms in total. The first-order valence-electron chi connectivity index (χ1n) is 6.11. The van der Waals surface area contributed by atoms with Crippen molar-refractivity contribution in [3.05, 3.63) is 29.8 Å². The van der Waals surface area contributed by atoms with Gasteiger partial charge in [-0.3, -0.25) is 4.79 Å². The van der Waals surface area contributed by atoms with E-state index in [1.807, 2.05) is 24.3 Å². The molecule has 0 unspecified atom stereocenters. The first kappa shape index (κ1) is 12.9. The summed E-state index contributed by atoms with van der Waals surface area (Å²) in [6.45, 7) is 0.492. The zero-order valence-electron chi connectivity index (χ0n) is 10.8. The molecule has 0 spiro atoms. The molecule has 1 amide bonds. The number of nitrogens with zero attached hydrogens (tertiary/aromatic N) is 1. The van der Waals surface area contributed by atoms with E-state index in [1.54, 1.807) is 19.1 Å². The summed E-state index contributed by atoms with van der Waals surface area (Å²) < 4.78 is 5.15. The van der Waals surface area contributed by atoms with E-state index < -0.39 is 5.41 Å². The third-order valence-corrected chi connectivity index (χ3v) is 3.51. The molecule has 0 heterocycles. The van der Waals surface area contributed by atoms with E-state index in [-0.39, 0.29) is 12.5 Å². The van der Waals surface area contributed by atoms with Crippen molar-refractivity contribution >= 4 is 5.91 Å². The predicted octanol–water partition coefficient (Wildman–Crippen LogP) is 1.43. The van der Waals surface area contributed by atoms with Gasteiger partial charge in [-0.1, -0.05) is 12.1 Å². The van der Waals surface area contributed by atoms with Gasteiger partial charge < -0.3 is 14.7 Å². The maximum atomic E-state index is 12.2. The van der Waals surface area contributed by atoms with Crippen molar-refractivity contribution in [2.45, 2.75) is 19.4 Å². The first-order chi connectivity index (χ1) is 8.61. The zero-order chi connectivity index (χ0) is 13.2. The van der Waals surface area contributed by atoms with Gasteiger partial charge in [-0.2, -0.15) is 0 Å². The van der Waals surface area contributed by atoms with Crippen LogP contribution in [0, 0.1) is 5.41 Å². The van der Waals surface area contributed by atoms with Crippen LogP contribution in [0.15, 0.2) is 24.3 Å². The minimum Gasteiger partial charge on any atom is -0.497 e. The molecule has 0 aromatic heterocycles. The van der Waals surface area contributed by atoms with E-state index >= 15 is 0 Å². The quantitative estimate of drug-likeness (QED) is 0.858. The molecular weight excluding hydrogens is 230 g/mol. The molecule has 0 bridgehead atoms. The van der Waals surface area contributed by atoms with Crippen LogP contribution in [0.3, 0.4) is 0 Å². The molecule has 4 heteroatoms. The molecule has 1 saturated carbocycles. The lowest BCUT2D eigenvalue weighted by molar-refractivity contribution is -0.137. The van der Waals surface area contributed by atoms with Crippen LogP contribution < -0.4 is 4.74 Å². The zero-order valence-corrected chi connectivity index (χ0v) is 10.8. The maximum absolute atomic E-state index is 12.2. The highest BCUT2D eigenvalue weighted by Crippen LogP contribution is 2.46. The standard InChI is InChI=1S/C14H19NO3/c1-15(13(17)14(10-16)6-7-14)9-11-4-3-5-12(8-11)18-2/h3-5,8,16H,6-7,9-10H2,1-2H3. The average Bonchev–Trinajstić information content (AvgIpc) is 3.19. The van der Waals surface area contributed by atoms with Crippen LogP contribution in [0.5, 0.6) is 5.75 Å². The van der Waals surface area contributed by atoms with Crippen molar-refractivity contribution in [1.29, 1.82) is 0 Å². The molecule has 0 saturated heterocycles. The number of carbonyl (C=O) groups excluding carboxylic acids is 1. The fourth-order valence-electron chi connectivity index (χ4n) is 2.11. The van der Waals surface area contributed by atoms with E-state index in [9.17, 15) is 9.90 Å². The molecule has 0 radical (unpaired) electrons. The lowest BCUT2D eigenvalue weighted by atomic mass is 10.1. The van der Waals surface area contributed by atoms with Gasteiger partial charge >= 0.3 is 0 Å². The van der Waals surface area contributed by atoms with Crippen molar-refractivity contribution in [1.82, 2.24) is 4.90 Å². The molecule has 18 heavy (non-hydrogen) atoms. The molecule has 0 aliphatic heterocycles. The Bertz CT molecular complexity index is 440. The smallest absolute Gasteiger partial charge is 0.231 e. The molecule has 1 fully saturated rings. The van der Waals surface area contributed by atoms with Gasteiger partial charge in [0.2, 0.25) is 5.91 Å². The molecule has 1 aliphatic carbocycles. The number of ether oxygens (including phenoxy) is 1. The summed E-state index contributed by atoms with van der Waals surface area (Å²) in [5, 5.41) is 9.26. The largest absolute Gasteiger partial charge is 0.497 e. The van der Waals surface area contributed by atoms with Crippen molar-refractivity contribution in [3.63, 3.8) is 0 Å². The topological polar surface area (TPSA) is 49.8 Å². The average molecular weight is 249 g/mol. The summed E-state index contributed by atoms with van der Waals surface area (Å²) in [6, 6.07) is 7.67. The Morgan fingerprint density at radius 1 is 1.50 bits per heavy atom. The van der Waals surface area contributed by atoms with Gasteiger partial charge in [0.1, 0.15) is 5.75 Å². The summed E-state index contributed by atoms with van der Waals surface area (Å²) in [5.74, 6) is 0.824. The van der Waals surface area contributed by atoms with Crippen LogP contribution in [-0.4, -0.2) is 36.7 Å². The molecule has 1 aliphatic rings. The molecule has 2 rings (SSSR count). The number of benzene rings is 1. The fourth-order valence-corrected chi connectivity index (χ4v) is 2.11. The van der Waals surface area contributed by atoms with Crippen molar-refractivity contribution in [3.8, 4) is 5.75 Å². The van der Waals surface area contributed by atoms with Gasteiger partial charge in [0.15, 0.2) is 0 Å².